The van der Waals surface area contributed by atoms with Gasteiger partial charge in [-0.2, -0.15) is 0 Å². The van der Waals surface area contributed by atoms with Crippen molar-refractivity contribution in [3.63, 3.8) is 0 Å². The number of aryl methyl sites for hydroxylation is 4. The molecule has 0 atom stereocenters. The fraction of sp³-hybridized carbons (Fsp3) is 0.261. The number of hydrogen-bond donors (Lipinski definition) is 2. The molecule has 2 N–H and O–H groups in total. The summed E-state index contributed by atoms with van der Waals surface area (Å²) in [6.07, 6.45) is -0.0626. The number of anilines is 1. The molecule has 2 heterocycles. The molecule has 0 spiro atoms. The van der Waals surface area contributed by atoms with E-state index in [2.05, 4.69) is 10.5 Å². The zero-order valence-electron chi connectivity index (χ0n) is 18.3. The molecule has 0 radical (unpaired) electrons. The molecule has 1 saturated heterocycles. The Labute approximate surface area is 180 Å². The molecule has 1 aliphatic heterocycles. The summed E-state index contributed by atoms with van der Waals surface area (Å²) in [5.41, 5.74) is 8.54. The topological polar surface area (TPSA) is 96.4 Å². The van der Waals surface area contributed by atoms with Gasteiger partial charge in [0.25, 0.3) is 11.5 Å². The van der Waals surface area contributed by atoms with E-state index in [1.807, 2.05) is 64.1 Å². The number of methoxy groups -OCH3 is 1. The highest BCUT2D eigenvalue weighted by atomic mass is 16.5. The number of rotatable bonds is 3. The lowest BCUT2D eigenvalue weighted by Gasteiger charge is -2.16. The number of benzene rings is 2. The highest BCUT2D eigenvalue weighted by Crippen LogP contribution is 2.20. The Morgan fingerprint density at radius 2 is 1.39 bits per heavy atom. The average Bonchev–Trinajstić information content (AvgIpc) is 3.28. The summed E-state index contributed by atoms with van der Waals surface area (Å²) >= 11 is 0. The molecule has 1 aliphatic rings. The third kappa shape index (κ3) is 4.85. The van der Waals surface area contributed by atoms with Crippen LogP contribution in [0, 0.1) is 27.7 Å². The van der Waals surface area contributed by atoms with Gasteiger partial charge in [0.2, 0.25) is 11.8 Å². The van der Waals surface area contributed by atoms with Gasteiger partial charge in [-0.1, -0.05) is 12.1 Å². The lowest BCUT2D eigenvalue weighted by Crippen LogP contribution is -2.35. The Morgan fingerprint density at radius 1 is 0.806 bits per heavy atom. The van der Waals surface area contributed by atoms with Crippen LogP contribution in [0.1, 0.15) is 28.7 Å². The predicted octanol–water partition coefficient (Wildman–Crippen LogP) is 2.86. The molecule has 0 aliphatic carbocycles. The van der Waals surface area contributed by atoms with Crippen LogP contribution in [0.2, 0.25) is 0 Å². The zero-order chi connectivity index (χ0) is 22.7. The van der Waals surface area contributed by atoms with Crippen molar-refractivity contribution in [2.24, 2.45) is 0 Å². The zero-order valence-corrected chi connectivity index (χ0v) is 18.3. The van der Waals surface area contributed by atoms with Crippen molar-refractivity contribution in [1.29, 1.82) is 0 Å². The quantitative estimate of drug-likeness (QED) is 0.635. The van der Waals surface area contributed by atoms with E-state index in [0.717, 1.165) is 22.4 Å². The van der Waals surface area contributed by atoms with Gasteiger partial charge in [-0.15, -0.1) is 0 Å². The molecule has 0 bridgehead atoms. The number of amides is 2. The van der Waals surface area contributed by atoms with Crippen molar-refractivity contribution >= 4 is 17.5 Å². The van der Waals surface area contributed by atoms with E-state index in [-0.39, 0.29) is 23.8 Å². The van der Waals surface area contributed by atoms with Crippen LogP contribution in [-0.4, -0.2) is 28.7 Å². The van der Waals surface area contributed by atoms with Crippen LogP contribution in [0.4, 0.5) is 5.69 Å². The SMILES string of the molecule is COc1cc(=O)n(-c2ccc(C)c(C)c2)[nH]1.Cc1ccc(N2NC(=O)CC2=O)cc1C. The number of aromatic nitrogens is 2. The molecule has 2 aromatic carbocycles. The summed E-state index contributed by atoms with van der Waals surface area (Å²) in [7, 11) is 1.52. The van der Waals surface area contributed by atoms with E-state index in [9.17, 15) is 14.4 Å². The average molecular weight is 422 g/mol. The minimum absolute atomic E-state index is 0.0626. The third-order valence-electron chi connectivity index (χ3n) is 5.21. The van der Waals surface area contributed by atoms with Crippen molar-refractivity contribution in [3.05, 3.63) is 75.1 Å². The summed E-state index contributed by atoms with van der Waals surface area (Å²) in [6.45, 7) is 8.03. The van der Waals surface area contributed by atoms with Gasteiger partial charge in [0.1, 0.15) is 6.42 Å². The van der Waals surface area contributed by atoms with Crippen LogP contribution in [-0.2, 0) is 9.59 Å². The Kier molecular flexibility index (Phi) is 6.29. The highest BCUT2D eigenvalue weighted by molar-refractivity contribution is 6.11. The minimum Gasteiger partial charge on any atom is -0.481 e. The highest BCUT2D eigenvalue weighted by Gasteiger charge is 2.28. The number of ether oxygens (including phenoxy) is 1. The van der Waals surface area contributed by atoms with Crippen LogP contribution in [0.3, 0.4) is 0 Å². The molecule has 3 aromatic rings. The molecule has 162 valence electrons. The number of carbonyl (C=O) groups is 2. The number of nitrogens with one attached hydrogen (secondary N) is 2. The molecular formula is C23H26N4O4. The van der Waals surface area contributed by atoms with E-state index in [1.54, 1.807) is 0 Å². The normalized spacial score (nSPS) is 13.0. The molecule has 31 heavy (non-hydrogen) atoms. The van der Waals surface area contributed by atoms with Crippen molar-refractivity contribution in [2.45, 2.75) is 34.1 Å². The van der Waals surface area contributed by atoms with Gasteiger partial charge in [0.15, 0.2) is 0 Å². The van der Waals surface area contributed by atoms with E-state index in [4.69, 9.17) is 4.74 Å². The van der Waals surface area contributed by atoms with Gasteiger partial charge >= 0.3 is 0 Å². The molecule has 2 amide bonds. The Morgan fingerprint density at radius 3 is 1.87 bits per heavy atom. The fourth-order valence-corrected chi connectivity index (χ4v) is 3.05. The second-order valence-corrected chi connectivity index (χ2v) is 7.48. The monoisotopic (exact) mass is 422 g/mol. The molecule has 1 aromatic heterocycles. The second kappa shape index (κ2) is 8.91. The van der Waals surface area contributed by atoms with E-state index in [1.165, 1.54) is 28.4 Å². The second-order valence-electron chi connectivity index (χ2n) is 7.48. The fourth-order valence-electron chi connectivity index (χ4n) is 3.05. The van der Waals surface area contributed by atoms with Gasteiger partial charge in [0, 0.05) is 0 Å². The molecule has 8 nitrogen and oxygen atoms in total. The summed E-state index contributed by atoms with van der Waals surface area (Å²) in [4.78, 5) is 34.1. The molecule has 8 heteroatoms. The number of H-pyrrole nitrogens is 1. The maximum atomic E-state index is 11.6. The van der Waals surface area contributed by atoms with Gasteiger partial charge in [-0.3, -0.25) is 24.9 Å². The standard InChI is InChI=1S/C12H14N2O2.C11H12N2O2/c1-8-4-5-10(6-9(8)2)14-12(15)7-11(13-14)16-3;1-7-3-4-9(5-8(7)2)13-11(15)6-10(14)12-13/h4-7,13H,1-3H3;3-5H,6H2,1-2H3,(H,12,14). The van der Waals surface area contributed by atoms with Gasteiger partial charge in [-0.05, 0) is 74.2 Å². The van der Waals surface area contributed by atoms with Crippen LogP contribution in [0.25, 0.3) is 5.69 Å². The van der Waals surface area contributed by atoms with Crippen molar-refractivity contribution < 1.29 is 14.3 Å². The lowest BCUT2D eigenvalue weighted by molar-refractivity contribution is -0.122. The maximum absolute atomic E-state index is 11.6. The minimum atomic E-state index is -0.252. The number of hydrazine groups is 1. The first-order chi connectivity index (χ1) is 14.7. The van der Waals surface area contributed by atoms with Gasteiger partial charge in [-0.25, -0.2) is 9.69 Å². The number of hydrogen-bond acceptors (Lipinski definition) is 4. The van der Waals surface area contributed by atoms with Crippen molar-refractivity contribution in [2.75, 3.05) is 12.1 Å². The van der Waals surface area contributed by atoms with Crippen molar-refractivity contribution in [3.8, 4) is 11.6 Å². The van der Waals surface area contributed by atoms with Crippen molar-refractivity contribution in [1.82, 2.24) is 15.2 Å². The van der Waals surface area contributed by atoms with E-state index < -0.39 is 0 Å². The third-order valence-corrected chi connectivity index (χ3v) is 5.21. The largest absolute Gasteiger partial charge is 0.481 e. The first kappa shape index (κ1) is 21.9. The van der Waals surface area contributed by atoms with Gasteiger partial charge < -0.3 is 4.74 Å². The van der Waals surface area contributed by atoms with Crippen LogP contribution in [0.5, 0.6) is 5.88 Å². The summed E-state index contributed by atoms with van der Waals surface area (Å²) in [5, 5.41) is 4.18. The summed E-state index contributed by atoms with van der Waals surface area (Å²) in [5.74, 6) is 0.00436. The predicted molar refractivity (Wildman–Crippen MR) is 119 cm³/mol. The first-order valence-electron chi connectivity index (χ1n) is 9.83. The van der Waals surface area contributed by atoms with Crippen LogP contribution in [0.15, 0.2) is 47.3 Å². The Balaban J connectivity index is 0.000000176. The lowest BCUT2D eigenvalue weighted by atomic mass is 10.1. The number of nitrogens with zero attached hydrogens (tertiary/aromatic N) is 2. The number of aromatic amines is 1. The molecule has 1 fully saturated rings. The molecular weight excluding hydrogens is 396 g/mol. The van der Waals surface area contributed by atoms with Gasteiger partial charge in [0.05, 0.1) is 24.6 Å². The smallest absolute Gasteiger partial charge is 0.275 e. The molecule has 0 saturated carbocycles. The first-order valence-corrected chi connectivity index (χ1v) is 9.83. The number of carbonyl (C=O) groups excluding carboxylic acids is 2. The van der Waals surface area contributed by atoms with Crippen LogP contribution < -0.4 is 20.7 Å². The van der Waals surface area contributed by atoms with E-state index >= 15 is 0 Å². The van der Waals surface area contributed by atoms with E-state index in [0.29, 0.717) is 11.6 Å². The Bertz CT molecular complexity index is 1190. The molecule has 0 unspecified atom stereocenters. The summed E-state index contributed by atoms with van der Waals surface area (Å²) in [6, 6.07) is 12.9. The summed E-state index contributed by atoms with van der Waals surface area (Å²) < 4.78 is 6.44. The molecule has 4 rings (SSSR count). The maximum Gasteiger partial charge on any atom is 0.275 e. The van der Waals surface area contributed by atoms with Crippen LogP contribution >= 0.6 is 0 Å². The Hall–Kier alpha value is -3.81.